The third-order valence-electron chi connectivity index (χ3n) is 2.27. The Bertz CT molecular complexity index is 540. The molecule has 0 saturated heterocycles. The van der Waals surface area contributed by atoms with Gasteiger partial charge in [0.1, 0.15) is 18.4 Å². The number of azide groups is 1. The van der Waals surface area contributed by atoms with Crippen molar-refractivity contribution in [1.82, 2.24) is 0 Å². The number of rotatable bonds is 1. The fraction of sp³-hybridized carbons (Fsp3) is 0.200. The zero-order valence-electron chi connectivity index (χ0n) is 8.12. The molecule has 78 valence electrons. The highest BCUT2D eigenvalue weighted by Gasteiger charge is 2.27. The molecular weight excluding hydrogens is 208 g/mol. The van der Waals surface area contributed by atoms with E-state index in [1.54, 1.807) is 0 Å². The Kier molecular flexibility index (Phi) is 2.46. The standard InChI is InChI=1S/C10H6N4O2/c11-4-6-1-2-7-9(3-6)16-5-8(10(7)15)13-14-12/h1-3,8H,5H2. The lowest BCUT2D eigenvalue weighted by atomic mass is 10.0. The number of ether oxygens (including phenoxy) is 1. The minimum Gasteiger partial charge on any atom is -0.492 e. The fourth-order valence-electron chi connectivity index (χ4n) is 1.49. The number of nitrogens with zero attached hydrogens (tertiary/aromatic N) is 4. The quantitative estimate of drug-likeness (QED) is 0.404. The topological polar surface area (TPSA) is 98.8 Å². The van der Waals surface area contributed by atoms with Crippen LogP contribution in [0.3, 0.4) is 0 Å². The van der Waals surface area contributed by atoms with E-state index >= 15 is 0 Å². The van der Waals surface area contributed by atoms with Crippen LogP contribution in [0.4, 0.5) is 0 Å². The zero-order valence-corrected chi connectivity index (χ0v) is 8.12. The van der Waals surface area contributed by atoms with Crippen LogP contribution in [0.2, 0.25) is 0 Å². The van der Waals surface area contributed by atoms with E-state index in [1.165, 1.54) is 18.2 Å². The third kappa shape index (κ3) is 1.56. The van der Waals surface area contributed by atoms with Crippen LogP contribution in [0.1, 0.15) is 15.9 Å². The Hall–Kier alpha value is -2.51. The molecule has 1 heterocycles. The SMILES string of the molecule is N#Cc1ccc2c(c1)OCC(N=[N+]=[N-])C2=O. The van der Waals surface area contributed by atoms with Crippen molar-refractivity contribution in [3.05, 3.63) is 39.8 Å². The number of carbonyl (C=O) groups excluding carboxylic acids is 1. The second-order valence-electron chi connectivity index (χ2n) is 3.22. The first-order valence-corrected chi connectivity index (χ1v) is 4.51. The van der Waals surface area contributed by atoms with Crippen LogP contribution in [0, 0.1) is 11.3 Å². The molecule has 0 saturated carbocycles. The largest absolute Gasteiger partial charge is 0.492 e. The molecule has 1 aliphatic rings. The second-order valence-corrected chi connectivity index (χ2v) is 3.22. The number of fused-ring (bicyclic) bond motifs is 1. The van der Waals surface area contributed by atoms with E-state index in [2.05, 4.69) is 10.0 Å². The van der Waals surface area contributed by atoms with E-state index in [0.29, 0.717) is 16.9 Å². The number of ketones is 1. The summed E-state index contributed by atoms with van der Waals surface area (Å²) in [6, 6.07) is 5.68. The van der Waals surface area contributed by atoms with Gasteiger partial charge in [0.15, 0.2) is 5.78 Å². The van der Waals surface area contributed by atoms with Crippen molar-refractivity contribution in [3.63, 3.8) is 0 Å². The van der Waals surface area contributed by atoms with E-state index in [9.17, 15) is 4.79 Å². The van der Waals surface area contributed by atoms with Gasteiger partial charge in [0.05, 0.1) is 17.2 Å². The maximum atomic E-state index is 11.8. The molecule has 0 N–H and O–H groups in total. The monoisotopic (exact) mass is 214 g/mol. The van der Waals surface area contributed by atoms with Crippen molar-refractivity contribution in [2.45, 2.75) is 6.04 Å². The number of benzene rings is 1. The number of Topliss-reactive ketones (excluding diaryl/α,β-unsaturated/α-hetero) is 1. The van der Waals surface area contributed by atoms with Crippen LogP contribution in [-0.4, -0.2) is 18.4 Å². The lowest BCUT2D eigenvalue weighted by molar-refractivity contribution is 0.0900. The molecule has 1 aromatic rings. The molecule has 6 heteroatoms. The molecule has 1 unspecified atom stereocenters. The van der Waals surface area contributed by atoms with Gasteiger partial charge in [-0.2, -0.15) is 5.26 Å². The molecule has 0 bridgehead atoms. The predicted octanol–water partition coefficient (Wildman–Crippen LogP) is 1.81. The Morgan fingerprint density at radius 3 is 3.12 bits per heavy atom. The van der Waals surface area contributed by atoms with Gasteiger partial charge in [-0.1, -0.05) is 5.11 Å². The lowest BCUT2D eigenvalue weighted by Crippen LogP contribution is -2.30. The summed E-state index contributed by atoms with van der Waals surface area (Å²) >= 11 is 0. The van der Waals surface area contributed by atoms with E-state index in [4.69, 9.17) is 15.5 Å². The summed E-state index contributed by atoms with van der Waals surface area (Å²) in [5.74, 6) is 0.0944. The normalized spacial score (nSPS) is 17.7. The van der Waals surface area contributed by atoms with E-state index in [-0.39, 0.29) is 12.4 Å². The molecular formula is C10H6N4O2. The first kappa shape index (κ1) is 10.0. The average Bonchev–Trinajstić information content (AvgIpc) is 2.32. The molecule has 1 atom stereocenters. The van der Waals surface area contributed by atoms with Crippen molar-refractivity contribution in [2.75, 3.05) is 6.61 Å². The Balaban J connectivity index is 2.43. The maximum absolute atomic E-state index is 11.8. The first-order chi connectivity index (χ1) is 7.76. The first-order valence-electron chi connectivity index (χ1n) is 4.51. The number of nitriles is 1. The predicted molar refractivity (Wildman–Crippen MR) is 53.9 cm³/mol. The zero-order chi connectivity index (χ0) is 11.5. The van der Waals surface area contributed by atoms with Crippen LogP contribution >= 0.6 is 0 Å². The Labute approximate surface area is 90.7 Å². The van der Waals surface area contributed by atoms with Gasteiger partial charge in [0.25, 0.3) is 0 Å². The summed E-state index contributed by atoms with van der Waals surface area (Å²) in [5, 5.41) is 12.0. The van der Waals surface area contributed by atoms with Gasteiger partial charge in [-0.05, 0) is 23.7 Å². The van der Waals surface area contributed by atoms with Gasteiger partial charge in [-0.25, -0.2) is 0 Å². The summed E-state index contributed by atoms with van der Waals surface area (Å²) in [6.45, 7) is 0.0186. The van der Waals surface area contributed by atoms with Crippen molar-refractivity contribution in [2.24, 2.45) is 5.11 Å². The molecule has 0 spiro atoms. The van der Waals surface area contributed by atoms with Crippen molar-refractivity contribution >= 4 is 5.78 Å². The fourth-order valence-corrected chi connectivity index (χ4v) is 1.49. The van der Waals surface area contributed by atoms with Gasteiger partial charge < -0.3 is 4.74 Å². The van der Waals surface area contributed by atoms with Gasteiger partial charge in [0, 0.05) is 4.91 Å². The molecule has 16 heavy (non-hydrogen) atoms. The van der Waals surface area contributed by atoms with Gasteiger partial charge >= 0.3 is 0 Å². The minimum atomic E-state index is -0.814. The molecule has 1 aromatic carbocycles. The molecule has 1 aliphatic heterocycles. The summed E-state index contributed by atoms with van der Waals surface area (Å²) in [4.78, 5) is 14.4. The van der Waals surface area contributed by atoms with Crippen LogP contribution in [0.15, 0.2) is 23.3 Å². The molecule has 0 fully saturated rings. The molecule has 0 radical (unpaired) electrons. The molecule has 2 rings (SSSR count). The summed E-state index contributed by atoms with van der Waals surface area (Å²) in [7, 11) is 0. The highest BCUT2D eigenvalue weighted by Crippen LogP contribution is 2.26. The van der Waals surface area contributed by atoms with Crippen LogP contribution in [-0.2, 0) is 0 Å². The number of carbonyl (C=O) groups is 1. The number of hydrogen-bond acceptors (Lipinski definition) is 4. The van der Waals surface area contributed by atoms with Gasteiger partial charge in [-0.3, -0.25) is 4.79 Å². The minimum absolute atomic E-state index is 0.0186. The second kappa shape index (κ2) is 3.93. The summed E-state index contributed by atoms with van der Waals surface area (Å²) in [6.07, 6.45) is 0. The molecule has 0 aliphatic carbocycles. The van der Waals surface area contributed by atoms with E-state index in [1.807, 2.05) is 6.07 Å². The number of hydrogen-bond donors (Lipinski definition) is 0. The summed E-state index contributed by atoms with van der Waals surface area (Å²) in [5.41, 5.74) is 9.05. The highest BCUT2D eigenvalue weighted by molar-refractivity contribution is 6.03. The van der Waals surface area contributed by atoms with Crippen molar-refractivity contribution < 1.29 is 9.53 Å². The maximum Gasteiger partial charge on any atom is 0.178 e. The van der Waals surface area contributed by atoms with Crippen LogP contribution in [0.25, 0.3) is 10.4 Å². The Morgan fingerprint density at radius 2 is 2.44 bits per heavy atom. The van der Waals surface area contributed by atoms with E-state index in [0.717, 1.165) is 0 Å². The van der Waals surface area contributed by atoms with Gasteiger partial charge in [0.2, 0.25) is 0 Å². The molecule has 0 aromatic heterocycles. The molecule has 0 amide bonds. The Morgan fingerprint density at radius 1 is 1.62 bits per heavy atom. The van der Waals surface area contributed by atoms with Crippen molar-refractivity contribution in [1.29, 1.82) is 5.26 Å². The van der Waals surface area contributed by atoms with Gasteiger partial charge in [-0.15, -0.1) is 0 Å². The van der Waals surface area contributed by atoms with E-state index < -0.39 is 6.04 Å². The van der Waals surface area contributed by atoms with Crippen LogP contribution < -0.4 is 4.74 Å². The molecule has 6 nitrogen and oxygen atoms in total. The smallest absolute Gasteiger partial charge is 0.178 e. The van der Waals surface area contributed by atoms with Crippen LogP contribution in [0.5, 0.6) is 5.75 Å². The third-order valence-corrected chi connectivity index (χ3v) is 2.27. The average molecular weight is 214 g/mol. The van der Waals surface area contributed by atoms with Crippen molar-refractivity contribution in [3.8, 4) is 11.8 Å². The summed E-state index contributed by atoms with van der Waals surface area (Å²) < 4.78 is 5.26. The lowest BCUT2D eigenvalue weighted by Gasteiger charge is -2.20. The highest BCUT2D eigenvalue weighted by atomic mass is 16.5.